The SMILES string of the molecule is N#CCN1CCC[C@H]1c1cccc(Nc2nc(C(=O)N3CCC(N4CCOCC4)CC3)cs2)n1. The summed E-state index contributed by atoms with van der Waals surface area (Å²) < 4.78 is 5.46. The Morgan fingerprint density at radius 2 is 1.97 bits per heavy atom. The van der Waals surface area contributed by atoms with Gasteiger partial charge in [-0.1, -0.05) is 6.07 Å². The number of carbonyl (C=O) groups excluding carboxylic acids is 1. The van der Waals surface area contributed by atoms with Crippen molar-refractivity contribution in [2.45, 2.75) is 37.8 Å². The highest BCUT2D eigenvalue weighted by Gasteiger charge is 2.29. The predicted molar refractivity (Wildman–Crippen MR) is 130 cm³/mol. The number of piperidine rings is 1. The first-order valence-electron chi connectivity index (χ1n) is 12.1. The number of nitrogens with zero attached hydrogens (tertiary/aromatic N) is 6. The maximum atomic E-state index is 13.0. The van der Waals surface area contributed by atoms with Gasteiger partial charge < -0.3 is 15.0 Å². The van der Waals surface area contributed by atoms with E-state index in [1.807, 2.05) is 28.5 Å². The number of hydrogen-bond donors (Lipinski definition) is 1. The van der Waals surface area contributed by atoms with Gasteiger partial charge in [0, 0.05) is 37.6 Å². The molecule has 1 amide bonds. The smallest absolute Gasteiger partial charge is 0.273 e. The number of rotatable bonds is 6. The first-order valence-corrected chi connectivity index (χ1v) is 13.0. The van der Waals surface area contributed by atoms with E-state index in [-0.39, 0.29) is 11.9 Å². The number of aromatic nitrogens is 2. The van der Waals surface area contributed by atoms with Crippen LogP contribution < -0.4 is 5.32 Å². The van der Waals surface area contributed by atoms with E-state index in [1.165, 1.54) is 11.3 Å². The van der Waals surface area contributed by atoms with Crippen LogP contribution in [0, 0.1) is 11.3 Å². The van der Waals surface area contributed by atoms with Gasteiger partial charge in [0.15, 0.2) is 5.13 Å². The molecule has 5 heterocycles. The van der Waals surface area contributed by atoms with Gasteiger partial charge >= 0.3 is 0 Å². The summed E-state index contributed by atoms with van der Waals surface area (Å²) in [5, 5.41) is 14.8. The quantitative estimate of drug-likeness (QED) is 0.629. The number of carbonyl (C=O) groups is 1. The molecule has 34 heavy (non-hydrogen) atoms. The van der Waals surface area contributed by atoms with Crippen LogP contribution in [0.2, 0.25) is 0 Å². The Labute approximate surface area is 204 Å². The fourth-order valence-electron chi connectivity index (χ4n) is 5.23. The summed E-state index contributed by atoms with van der Waals surface area (Å²) in [6, 6.07) is 8.88. The lowest BCUT2D eigenvalue weighted by Crippen LogP contribution is -2.50. The lowest BCUT2D eigenvalue weighted by atomic mass is 10.0. The highest BCUT2D eigenvalue weighted by atomic mass is 32.1. The average molecular weight is 482 g/mol. The Balaban J connectivity index is 1.18. The Bertz CT molecular complexity index is 1020. The molecule has 1 atom stereocenters. The lowest BCUT2D eigenvalue weighted by Gasteiger charge is -2.39. The third-order valence-electron chi connectivity index (χ3n) is 7.02. The van der Waals surface area contributed by atoms with Crippen LogP contribution >= 0.6 is 11.3 Å². The van der Waals surface area contributed by atoms with Crippen LogP contribution in [0.3, 0.4) is 0 Å². The molecule has 0 saturated carbocycles. The van der Waals surface area contributed by atoms with Crippen molar-refractivity contribution in [2.75, 3.05) is 57.8 Å². The van der Waals surface area contributed by atoms with E-state index in [9.17, 15) is 4.79 Å². The molecule has 180 valence electrons. The molecule has 3 saturated heterocycles. The molecule has 5 rings (SSSR count). The molecule has 0 unspecified atom stereocenters. The predicted octanol–water partition coefficient (Wildman–Crippen LogP) is 2.88. The van der Waals surface area contributed by atoms with Crippen LogP contribution in [0.25, 0.3) is 0 Å². The molecule has 3 fully saturated rings. The number of morpholine rings is 1. The van der Waals surface area contributed by atoms with E-state index in [0.717, 1.165) is 77.3 Å². The van der Waals surface area contributed by atoms with E-state index >= 15 is 0 Å². The van der Waals surface area contributed by atoms with Crippen molar-refractivity contribution in [3.8, 4) is 6.07 Å². The maximum Gasteiger partial charge on any atom is 0.273 e. The number of nitriles is 1. The van der Waals surface area contributed by atoms with Crippen molar-refractivity contribution < 1.29 is 9.53 Å². The molecule has 2 aromatic heterocycles. The summed E-state index contributed by atoms with van der Waals surface area (Å²) in [5.41, 5.74) is 1.46. The lowest BCUT2D eigenvalue weighted by molar-refractivity contribution is 0.00154. The van der Waals surface area contributed by atoms with Gasteiger partial charge in [-0.15, -0.1) is 11.3 Å². The van der Waals surface area contributed by atoms with Gasteiger partial charge in [0.1, 0.15) is 11.5 Å². The summed E-state index contributed by atoms with van der Waals surface area (Å²) in [6.07, 6.45) is 4.09. The topological polar surface area (TPSA) is 97.6 Å². The van der Waals surface area contributed by atoms with Crippen LogP contribution in [0.1, 0.15) is 47.9 Å². The second-order valence-corrected chi connectivity index (χ2v) is 9.93. The zero-order chi connectivity index (χ0) is 23.3. The molecule has 0 radical (unpaired) electrons. The Kier molecular flexibility index (Phi) is 7.35. The van der Waals surface area contributed by atoms with Gasteiger partial charge in [-0.25, -0.2) is 9.97 Å². The monoisotopic (exact) mass is 481 g/mol. The molecule has 0 aliphatic carbocycles. The highest BCUT2D eigenvalue weighted by molar-refractivity contribution is 7.14. The minimum absolute atomic E-state index is 0.00420. The fourth-order valence-corrected chi connectivity index (χ4v) is 5.92. The highest BCUT2D eigenvalue weighted by Crippen LogP contribution is 2.31. The summed E-state index contributed by atoms with van der Waals surface area (Å²) in [5.74, 6) is 0.713. The summed E-state index contributed by atoms with van der Waals surface area (Å²) in [6.45, 7) is 6.49. The van der Waals surface area contributed by atoms with E-state index in [2.05, 4.69) is 26.2 Å². The summed E-state index contributed by atoms with van der Waals surface area (Å²) in [4.78, 5) is 29.0. The van der Waals surface area contributed by atoms with Crippen molar-refractivity contribution in [3.63, 3.8) is 0 Å². The van der Waals surface area contributed by atoms with Crippen LogP contribution in [0.5, 0.6) is 0 Å². The molecule has 10 heteroatoms. The van der Waals surface area contributed by atoms with Crippen LogP contribution in [0.15, 0.2) is 23.6 Å². The van der Waals surface area contributed by atoms with E-state index in [0.29, 0.717) is 29.2 Å². The number of pyridine rings is 1. The first-order chi connectivity index (χ1) is 16.7. The molecule has 3 aliphatic heterocycles. The second kappa shape index (κ2) is 10.8. The zero-order valence-electron chi connectivity index (χ0n) is 19.4. The van der Waals surface area contributed by atoms with Crippen molar-refractivity contribution in [2.24, 2.45) is 0 Å². The van der Waals surface area contributed by atoms with Crippen molar-refractivity contribution >= 4 is 28.2 Å². The van der Waals surface area contributed by atoms with Gasteiger partial charge in [0.05, 0.1) is 37.6 Å². The minimum Gasteiger partial charge on any atom is -0.379 e. The standard InChI is InChI=1S/C24H31N7O2S/c25-8-12-30-9-2-4-21(30)19-3-1-5-22(26-19)28-24-27-20(17-34-24)23(32)31-10-6-18(7-11-31)29-13-15-33-16-14-29/h1,3,5,17-18,21H,2,4,6-7,9-16H2,(H,26,27,28)/t21-/m0/s1. The maximum absolute atomic E-state index is 13.0. The summed E-state index contributed by atoms with van der Waals surface area (Å²) >= 11 is 1.42. The summed E-state index contributed by atoms with van der Waals surface area (Å²) in [7, 11) is 0. The first kappa shape index (κ1) is 23.2. The van der Waals surface area contributed by atoms with Gasteiger partial charge in [0.25, 0.3) is 5.91 Å². The van der Waals surface area contributed by atoms with E-state index < -0.39 is 0 Å². The number of ether oxygens (including phenoxy) is 1. The van der Waals surface area contributed by atoms with Crippen molar-refractivity contribution in [1.82, 2.24) is 24.7 Å². The molecular weight excluding hydrogens is 450 g/mol. The van der Waals surface area contributed by atoms with Crippen molar-refractivity contribution in [1.29, 1.82) is 5.26 Å². The van der Waals surface area contributed by atoms with Gasteiger partial charge in [-0.2, -0.15) is 5.26 Å². The Hall–Kier alpha value is -2.58. The number of nitrogens with one attached hydrogen (secondary N) is 1. The largest absolute Gasteiger partial charge is 0.379 e. The number of amides is 1. The average Bonchev–Trinajstić information content (AvgIpc) is 3.55. The van der Waals surface area contributed by atoms with Gasteiger partial charge in [-0.05, 0) is 44.4 Å². The zero-order valence-corrected chi connectivity index (χ0v) is 20.2. The molecule has 3 aliphatic rings. The van der Waals surface area contributed by atoms with Gasteiger partial charge in [-0.3, -0.25) is 14.6 Å². The van der Waals surface area contributed by atoms with E-state index in [4.69, 9.17) is 15.0 Å². The molecule has 9 nitrogen and oxygen atoms in total. The van der Waals surface area contributed by atoms with Crippen LogP contribution in [0.4, 0.5) is 10.9 Å². The second-order valence-electron chi connectivity index (χ2n) is 9.07. The molecule has 0 aromatic carbocycles. The number of anilines is 2. The molecule has 2 aromatic rings. The van der Waals surface area contributed by atoms with Gasteiger partial charge in [0.2, 0.25) is 0 Å². The molecule has 0 bridgehead atoms. The number of hydrogen-bond acceptors (Lipinski definition) is 9. The third-order valence-corrected chi connectivity index (χ3v) is 7.78. The minimum atomic E-state index is 0.00420. The number of likely N-dealkylation sites (tertiary alicyclic amines) is 2. The van der Waals surface area contributed by atoms with Crippen LogP contribution in [-0.4, -0.2) is 89.1 Å². The molecule has 0 spiro atoms. The van der Waals surface area contributed by atoms with Crippen LogP contribution in [-0.2, 0) is 4.74 Å². The van der Waals surface area contributed by atoms with Crippen molar-refractivity contribution in [3.05, 3.63) is 35.0 Å². The molecule has 1 N–H and O–H groups in total. The Morgan fingerprint density at radius 1 is 1.15 bits per heavy atom. The van der Waals surface area contributed by atoms with E-state index in [1.54, 1.807) is 0 Å². The number of thiazole rings is 1. The Morgan fingerprint density at radius 3 is 2.76 bits per heavy atom. The fraction of sp³-hybridized carbons (Fsp3) is 0.583. The molecular formula is C24H31N7O2S. The normalized spacial score (nSPS) is 22.6. The third kappa shape index (κ3) is 5.23.